The molecule has 1 aromatic carbocycles. The van der Waals surface area contributed by atoms with Crippen LogP contribution in [-0.4, -0.2) is 22.0 Å². The zero-order valence-electron chi connectivity index (χ0n) is 8.53. The molecule has 1 aromatic rings. The van der Waals surface area contributed by atoms with Crippen molar-refractivity contribution in [3.63, 3.8) is 0 Å². The first kappa shape index (κ1) is 12.5. The van der Waals surface area contributed by atoms with Crippen molar-refractivity contribution in [2.24, 2.45) is 0 Å². The van der Waals surface area contributed by atoms with Crippen LogP contribution in [0.5, 0.6) is 0 Å². The van der Waals surface area contributed by atoms with Crippen LogP contribution in [0.3, 0.4) is 0 Å². The molecule has 0 heterocycles. The number of halogens is 1. The van der Waals surface area contributed by atoms with Gasteiger partial charge in [-0.25, -0.2) is 4.39 Å². The van der Waals surface area contributed by atoms with E-state index in [-0.39, 0.29) is 5.69 Å². The molecule has 0 fully saturated rings. The molecule has 2 nitrogen and oxygen atoms in total. The predicted molar refractivity (Wildman–Crippen MR) is 65.1 cm³/mol. The third-order valence-electron chi connectivity index (χ3n) is 1.91. The van der Waals surface area contributed by atoms with Gasteiger partial charge in [-0.2, -0.15) is 11.8 Å². The molecule has 0 aromatic heterocycles. The van der Waals surface area contributed by atoms with E-state index in [0.29, 0.717) is 10.6 Å². The Morgan fingerprint density at radius 1 is 1.53 bits per heavy atom. The zero-order chi connectivity index (χ0) is 11.3. The largest absolute Gasteiger partial charge is 0.396 e. The van der Waals surface area contributed by atoms with Gasteiger partial charge in [0.25, 0.3) is 0 Å². The molecule has 15 heavy (non-hydrogen) atoms. The molecular weight excluding hydrogens is 233 g/mol. The van der Waals surface area contributed by atoms with Crippen molar-refractivity contribution in [1.29, 1.82) is 0 Å². The molecule has 2 N–H and O–H groups in total. The molecule has 0 radical (unpaired) electrons. The van der Waals surface area contributed by atoms with Crippen LogP contribution in [-0.2, 0) is 10.8 Å². The van der Waals surface area contributed by atoms with Gasteiger partial charge in [-0.1, -0.05) is 0 Å². The molecule has 0 saturated carbocycles. The van der Waals surface area contributed by atoms with Gasteiger partial charge in [-0.15, -0.1) is 0 Å². The Morgan fingerprint density at radius 2 is 2.27 bits per heavy atom. The van der Waals surface area contributed by atoms with Gasteiger partial charge in [0.2, 0.25) is 0 Å². The fourth-order valence-electron chi connectivity index (χ4n) is 1.10. The maximum absolute atomic E-state index is 13.1. The highest BCUT2D eigenvalue weighted by Crippen LogP contribution is 2.15. The molecule has 1 rings (SSSR count). The quantitative estimate of drug-likeness (QED) is 0.641. The van der Waals surface area contributed by atoms with Crippen LogP contribution in [0.1, 0.15) is 6.42 Å². The van der Waals surface area contributed by atoms with Crippen LogP contribution < -0.4 is 5.73 Å². The molecule has 0 saturated heterocycles. The molecule has 0 aliphatic heterocycles. The number of nitrogens with two attached hydrogens (primary N) is 1. The van der Waals surface area contributed by atoms with Gasteiger partial charge < -0.3 is 5.73 Å². The Morgan fingerprint density at radius 3 is 2.87 bits per heavy atom. The average Bonchev–Trinajstić information content (AvgIpc) is 2.22. The molecule has 0 aliphatic carbocycles. The van der Waals surface area contributed by atoms with E-state index >= 15 is 0 Å². The number of thioether (sulfide) groups is 1. The number of anilines is 1. The molecule has 0 aliphatic rings. The van der Waals surface area contributed by atoms with Gasteiger partial charge in [0.1, 0.15) is 5.82 Å². The van der Waals surface area contributed by atoms with E-state index in [2.05, 4.69) is 0 Å². The Labute approximate surface area is 95.9 Å². The summed E-state index contributed by atoms with van der Waals surface area (Å²) in [6.07, 6.45) is 2.88. The molecular formula is C10H14FNOS2. The number of hydrogen-bond acceptors (Lipinski definition) is 3. The summed E-state index contributed by atoms with van der Waals surface area (Å²) >= 11 is 1.72. The first-order valence-electron chi connectivity index (χ1n) is 4.57. The van der Waals surface area contributed by atoms with E-state index in [1.54, 1.807) is 17.8 Å². The summed E-state index contributed by atoms with van der Waals surface area (Å²) < 4.78 is 24.7. The van der Waals surface area contributed by atoms with Crippen LogP contribution in [0, 0.1) is 5.82 Å². The smallest absolute Gasteiger partial charge is 0.147 e. The van der Waals surface area contributed by atoms with Crippen LogP contribution in [0.2, 0.25) is 0 Å². The van der Waals surface area contributed by atoms with E-state index < -0.39 is 16.6 Å². The van der Waals surface area contributed by atoms with Crippen LogP contribution >= 0.6 is 11.8 Å². The lowest BCUT2D eigenvalue weighted by Crippen LogP contribution is -2.01. The molecule has 0 bridgehead atoms. The van der Waals surface area contributed by atoms with Gasteiger partial charge in [-0.3, -0.25) is 4.21 Å². The number of rotatable bonds is 5. The molecule has 1 unspecified atom stereocenters. The number of hydrogen-bond donors (Lipinski definition) is 1. The lowest BCUT2D eigenvalue weighted by atomic mass is 10.3. The lowest BCUT2D eigenvalue weighted by molar-refractivity contribution is 0.627. The average molecular weight is 247 g/mol. The second kappa shape index (κ2) is 6.12. The minimum Gasteiger partial charge on any atom is -0.396 e. The first-order valence-corrected chi connectivity index (χ1v) is 7.28. The van der Waals surface area contributed by atoms with Crippen LogP contribution in [0.4, 0.5) is 10.1 Å². The Bertz CT molecular complexity index is 357. The highest BCUT2D eigenvalue weighted by Gasteiger charge is 2.06. The molecule has 0 spiro atoms. The van der Waals surface area contributed by atoms with E-state index in [0.717, 1.165) is 12.2 Å². The number of benzene rings is 1. The van der Waals surface area contributed by atoms with Crippen molar-refractivity contribution in [1.82, 2.24) is 0 Å². The van der Waals surface area contributed by atoms with Crippen molar-refractivity contribution in [2.75, 3.05) is 23.5 Å². The number of nitrogen functional groups attached to an aromatic ring is 1. The van der Waals surface area contributed by atoms with Gasteiger partial charge >= 0.3 is 0 Å². The second-order valence-electron chi connectivity index (χ2n) is 3.08. The van der Waals surface area contributed by atoms with Crippen molar-refractivity contribution >= 4 is 28.2 Å². The molecule has 84 valence electrons. The fraction of sp³-hybridized carbons (Fsp3) is 0.400. The third-order valence-corrected chi connectivity index (χ3v) is 4.05. The van der Waals surface area contributed by atoms with Gasteiger partial charge in [0.15, 0.2) is 0 Å². The van der Waals surface area contributed by atoms with Gasteiger partial charge in [0, 0.05) is 10.6 Å². The summed E-state index contributed by atoms with van der Waals surface area (Å²) in [5.41, 5.74) is 5.43. The van der Waals surface area contributed by atoms with E-state index in [9.17, 15) is 8.60 Å². The van der Waals surface area contributed by atoms with Crippen molar-refractivity contribution in [3.05, 3.63) is 24.0 Å². The Hall–Kier alpha value is -0.550. The summed E-state index contributed by atoms with van der Waals surface area (Å²) in [7, 11) is -1.11. The normalized spacial score (nSPS) is 12.7. The topological polar surface area (TPSA) is 43.1 Å². The summed E-state index contributed by atoms with van der Waals surface area (Å²) in [5, 5.41) is 0. The van der Waals surface area contributed by atoms with Crippen LogP contribution in [0.15, 0.2) is 23.1 Å². The highest BCUT2D eigenvalue weighted by atomic mass is 32.2. The third kappa shape index (κ3) is 3.83. The predicted octanol–water partition coefficient (Wildman–Crippen LogP) is 2.27. The first-order chi connectivity index (χ1) is 7.15. The monoisotopic (exact) mass is 247 g/mol. The maximum atomic E-state index is 13.1. The van der Waals surface area contributed by atoms with Gasteiger partial charge in [-0.05, 0) is 36.6 Å². The summed E-state index contributed by atoms with van der Waals surface area (Å²) in [4.78, 5) is 0.516. The minimum absolute atomic E-state index is 0.0971. The van der Waals surface area contributed by atoms with Crippen molar-refractivity contribution < 1.29 is 8.60 Å². The van der Waals surface area contributed by atoms with E-state index in [1.807, 2.05) is 6.26 Å². The fourth-order valence-corrected chi connectivity index (χ4v) is 2.81. The lowest BCUT2D eigenvalue weighted by Gasteiger charge is -2.03. The Kier molecular flexibility index (Phi) is 5.11. The summed E-state index contributed by atoms with van der Waals surface area (Å²) in [5.74, 6) is 1.05. The molecule has 0 amide bonds. The second-order valence-corrected chi connectivity index (χ2v) is 5.64. The van der Waals surface area contributed by atoms with Gasteiger partial charge in [0.05, 0.1) is 16.5 Å². The summed E-state index contributed by atoms with van der Waals surface area (Å²) in [6.45, 7) is 0. The standard InChI is InChI=1S/C10H14FNOS2/c1-14-5-2-6-15(13)8-3-4-10(12)9(11)7-8/h3-4,7H,2,5-6,12H2,1H3. The molecule has 1 atom stereocenters. The molecule has 5 heteroatoms. The Balaban J connectivity index is 2.62. The maximum Gasteiger partial charge on any atom is 0.147 e. The van der Waals surface area contributed by atoms with E-state index in [4.69, 9.17) is 5.73 Å². The SMILES string of the molecule is CSCCCS(=O)c1ccc(N)c(F)c1. The minimum atomic E-state index is -1.11. The summed E-state index contributed by atoms with van der Waals surface area (Å²) in [6, 6.07) is 4.33. The van der Waals surface area contributed by atoms with Crippen LogP contribution in [0.25, 0.3) is 0 Å². The highest BCUT2D eigenvalue weighted by molar-refractivity contribution is 7.98. The van der Waals surface area contributed by atoms with Crippen molar-refractivity contribution in [3.8, 4) is 0 Å². The van der Waals surface area contributed by atoms with Crippen molar-refractivity contribution in [2.45, 2.75) is 11.3 Å². The zero-order valence-corrected chi connectivity index (χ0v) is 10.2. The van der Waals surface area contributed by atoms with E-state index in [1.165, 1.54) is 12.1 Å².